The third-order valence-electron chi connectivity index (χ3n) is 1.66. The predicted molar refractivity (Wildman–Crippen MR) is 58.8 cm³/mol. The van der Waals surface area contributed by atoms with Gasteiger partial charge in [0.2, 0.25) is 5.91 Å². The Bertz CT molecular complexity index is 216. The van der Waals surface area contributed by atoms with Gasteiger partial charge < -0.3 is 21.6 Å². The van der Waals surface area contributed by atoms with Crippen LogP contribution in [0, 0.1) is 0 Å². The third kappa shape index (κ3) is 9.01. The molecule has 0 rings (SSSR count). The predicted octanol–water partition coefficient (Wildman–Crippen LogP) is -0.373. The number of carbonyl (C=O) groups is 1. The van der Waals surface area contributed by atoms with Crippen LogP contribution >= 0.6 is 0 Å². The minimum absolute atomic E-state index is 0.0290. The summed E-state index contributed by atoms with van der Waals surface area (Å²) >= 11 is 0. The highest BCUT2D eigenvalue weighted by Crippen LogP contribution is 1.83. The standard InChI is InChI=1S/C9H20N4O2/c1-7(2)12-9(14)4-6-11-5-3-8(10)13-15/h7,11,15H,3-6H2,1-2H3,(H2,10,13)(H,12,14). The Balaban J connectivity index is 3.35. The van der Waals surface area contributed by atoms with E-state index < -0.39 is 0 Å². The third-order valence-corrected chi connectivity index (χ3v) is 1.66. The highest BCUT2D eigenvalue weighted by Gasteiger charge is 2.01. The number of carbonyl (C=O) groups excluding carboxylic acids is 1. The Morgan fingerprint density at radius 2 is 2.00 bits per heavy atom. The van der Waals surface area contributed by atoms with Crippen LogP contribution in [-0.2, 0) is 4.79 Å². The fourth-order valence-corrected chi connectivity index (χ4v) is 0.988. The lowest BCUT2D eigenvalue weighted by atomic mass is 10.3. The summed E-state index contributed by atoms with van der Waals surface area (Å²) in [6.45, 7) is 5.04. The Kier molecular flexibility index (Phi) is 7.35. The molecule has 88 valence electrons. The number of amides is 1. The molecule has 0 spiro atoms. The molecule has 0 saturated heterocycles. The van der Waals surface area contributed by atoms with Crippen molar-refractivity contribution in [2.24, 2.45) is 10.9 Å². The molecule has 15 heavy (non-hydrogen) atoms. The first-order chi connectivity index (χ1) is 7.06. The van der Waals surface area contributed by atoms with Crippen molar-refractivity contribution in [3.63, 3.8) is 0 Å². The van der Waals surface area contributed by atoms with Gasteiger partial charge in [0.25, 0.3) is 0 Å². The number of nitrogens with one attached hydrogen (secondary N) is 2. The van der Waals surface area contributed by atoms with E-state index in [4.69, 9.17) is 10.9 Å². The number of oxime groups is 1. The molecular weight excluding hydrogens is 196 g/mol. The monoisotopic (exact) mass is 216 g/mol. The molecule has 0 aliphatic heterocycles. The molecule has 0 unspecified atom stereocenters. The van der Waals surface area contributed by atoms with Crippen molar-refractivity contribution in [3.8, 4) is 0 Å². The first-order valence-corrected chi connectivity index (χ1v) is 5.02. The molecule has 0 saturated carbocycles. The second kappa shape index (κ2) is 8.05. The van der Waals surface area contributed by atoms with E-state index in [1.54, 1.807) is 0 Å². The minimum atomic E-state index is 0.0290. The quantitative estimate of drug-likeness (QED) is 0.153. The normalized spacial score (nSPS) is 11.8. The number of hydrogen-bond acceptors (Lipinski definition) is 4. The Morgan fingerprint density at radius 1 is 1.40 bits per heavy atom. The van der Waals surface area contributed by atoms with Gasteiger partial charge in [-0.25, -0.2) is 0 Å². The summed E-state index contributed by atoms with van der Waals surface area (Å²) in [5.74, 6) is 0.218. The Morgan fingerprint density at radius 3 is 2.53 bits per heavy atom. The summed E-state index contributed by atoms with van der Waals surface area (Å²) in [4.78, 5) is 11.2. The minimum Gasteiger partial charge on any atom is -0.409 e. The van der Waals surface area contributed by atoms with Gasteiger partial charge in [-0.2, -0.15) is 0 Å². The molecule has 0 heterocycles. The maximum Gasteiger partial charge on any atom is 0.221 e. The number of nitrogens with two attached hydrogens (primary N) is 1. The van der Waals surface area contributed by atoms with Crippen LogP contribution in [0.2, 0.25) is 0 Å². The average Bonchev–Trinajstić information content (AvgIpc) is 2.15. The summed E-state index contributed by atoms with van der Waals surface area (Å²) in [7, 11) is 0. The molecule has 0 aromatic rings. The van der Waals surface area contributed by atoms with Gasteiger partial charge in [0.1, 0.15) is 5.84 Å². The first kappa shape index (κ1) is 13.7. The molecule has 0 atom stereocenters. The zero-order valence-electron chi connectivity index (χ0n) is 9.29. The second-order valence-corrected chi connectivity index (χ2v) is 3.56. The van der Waals surface area contributed by atoms with Crippen molar-refractivity contribution in [2.75, 3.05) is 13.1 Å². The molecule has 0 aliphatic carbocycles. The molecule has 0 aromatic heterocycles. The molecule has 0 radical (unpaired) electrons. The highest BCUT2D eigenvalue weighted by molar-refractivity contribution is 5.79. The van der Waals surface area contributed by atoms with Crippen molar-refractivity contribution in [1.29, 1.82) is 0 Å². The van der Waals surface area contributed by atoms with E-state index in [0.717, 1.165) is 0 Å². The number of amidine groups is 1. The first-order valence-electron chi connectivity index (χ1n) is 5.02. The summed E-state index contributed by atoms with van der Waals surface area (Å²) < 4.78 is 0. The van der Waals surface area contributed by atoms with Crippen LogP contribution in [0.3, 0.4) is 0 Å². The molecule has 0 bridgehead atoms. The van der Waals surface area contributed by atoms with E-state index in [2.05, 4.69) is 15.8 Å². The molecule has 6 nitrogen and oxygen atoms in total. The summed E-state index contributed by atoms with van der Waals surface area (Å²) in [5, 5.41) is 16.9. The summed E-state index contributed by atoms with van der Waals surface area (Å²) in [5.41, 5.74) is 5.26. The molecule has 0 fully saturated rings. The topological polar surface area (TPSA) is 99.7 Å². The van der Waals surface area contributed by atoms with E-state index in [-0.39, 0.29) is 17.8 Å². The lowest BCUT2D eigenvalue weighted by Gasteiger charge is -2.08. The Labute approximate surface area is 89.9 Å². The zero-order chi connectivity index (χ0) is 11.7. The van der Waals surface area contributed by atoms with Gasteiger partial charge in [-0.3, -0.25) is 4.79 Å². The Hall–Kier alpha value is -1.30. The molecule has 6 heteroatoms. The van der Waals surface area contributed by atoms with Gasteiger partial charge in [-0.15, -0.1) is 0 Å². The van der Waals surface area contributed by atoms with Crippen molar-refractivity contribution >= 4 is 11.7 Å². The fourth-order valence-electron chi connectivity index (χ4n) is 0.988. The van der Waals surface area contributed by atoms with Gasteiger partial charge in [-0.05, 0) is 13.8 Å². The number of nitrogens with zero attached hydrogens (tertiary/aromatic N) is 1. The molecule has 5 N–H and O–H groups in total. The number of rotatable bonds is 7. The van der Waals surface area contributed by atoms with Gasteiger partial charge in [-0.1, -0.05) is 5.16 Å². The molecular formula is C9H20N4O2. The van der Waals surface area contributed by atoms with Crippen LogP contribution in [0.25, 0.3) is 0 Å². The van der Waals surface area contributed by atoms with E-state index in [9.17, 15) is 4.79 Å². The maximum absolute atomic E-state index is 11.2. The van der Waals surface area contributed by atoms with Crippen LogP contribution in [-0.4, -0.2) is 36.1 Å². The smallest absolute Gasteiger partial charge is 0.221 e. The summed E-state index contributed by atoms with van der Waals surface area (Å²) in [6.07, 6.45) is 0.913. The van der Waals surface area contributed by atoms with Crippen LogP contribution in [0.5, 0.6) is 0 Å². The van der Waals surface area contributed by atoms with Gasteiger partial charge in [0.05, 0.1) is 0 Å². The highest BCUT2D eigenvalue weighted by atomic mass is 16.4. The van der Waals surface area contributed by atoms with Gasteiger partial charge in [0.15, 0.2) is 0 Å². The van der Waals surface area contributed by atoms with E-state index in [1.165, 1.54) is 0 Å². The fraction of sp³-hybridized carbons (Fsp3) is 0.778. The van der Waals surface area contributed by atoms with Crippen LogP contribution in [0.15, 0.2) is 5.16 Å². The van der Waals surface area contributed by atoms with Gasteiger partial charge >= 0.3 is 0 Å². The number of hydrogen-bond donors (Lipinski definition) is 4. The lowest BCUT2D eigenvalue weighted by molar-refractivity contribution is -0.121. The van der Waals surface area contributed by atoms with Crippen molar-refractivity contribution < 1.29 is 10.0 Å². The average molecular weight is 216 g/mol. The van der Waals surface area contributed by atoms with Crippen LogP contribution < -0.4 is 16.4 Å². The molecule has 1 amide bonds. The van der Waals surface area contributed by atoms with E-state index in [1.807, 2.05) is 13.8 Å². The molecule has 0 aliphatic rings. The van der Waals surface area contributed by atoms with Gasteiger partial charge in [0, 0.05) is 32.0 Å². The van der Waals surface area contributed by atoms with Crippen LogP contribution in [0.4, 0.5) is 0 Å². The van der Waals surface area contributed by atoms with Crippen LogP contribution in [0.1, 0.15) is 26.7 Å². The lowest BCUT2D eigenvalue weighted by Crippen LogP contribution is -2.33. The van der Waals surface area contributed by atoms with Crippen molar-refractivity contribution in [2.45, 2.75) is 32.7 Å². The maximum atomic E-state index is 11.2. The van der Waals surface area contributed by atoms with E-state index in [0.29, 0.717) is 25.9 Å². The van der Waals surface area contributed by atoms with E-state index >= 15 is 0 Å². The van der Waals surface area contributed by atoms with Crippen molar-refractivity contribution in [3.05, 3.63) is 0 Å². The van der Waals surface area contributed by atoms with Crippen molar-refractivity contribution in [1.82, 2.24) is 10.6 Å². The largest absolute Gasteiger partial charge is 0.409 e. The second-order valence-electron chi connectivity index (χ2n) is 3.56. The summed E-state index contributed by atoms with van der Waals surface area (Å²) in [6, 6.07) is 0.176. The SMILES string of the molecule is CC(C)NC(=O)CCNCCC(N)=NO. The zero-order valence-corrected chi connectivity index (χ0v) is 9.29. The molecule has 0 aromatic carbocycles.